The highest BCUT2D eigenvalue weighted by Gasteiger charge is 2.07. The van der Waals surface area contributed by atoms with E-state index in [4.69, 9.17) is 0 Å². The summed E-state index contributed by atoms with van der Waals surface area (Å²) in [5, 5.41) is 3.41. The molecule has 0 saturated carbocycles. The number of hydrogen-bond acceptors (Lipinski definition) is 4. The molecule has 0 aromatic carbocycles. The van der Waals surface area contributed by atoms with Gasteiger partial charge in [-0.2, -0.15) is 0 Å². The molecule has 2 rings (SSSR count). The first-order valence-corrected chi connectivity index (χ1v) is 7.16. The Morgan fingerprint density at radius 3 is 2.80 bits per heavy atom. The molecule has 0 amide bonds. The van der Waals surface area contributed by atoms with Gasteiger partial charge in [0.1, 0.15) is 0 Å². The van der Waals surface area contributed by atoms with Gasteiger partial charge in [0.2, 0.25) is 0 Å². The Morgan fingerprint density at radius 1 is 1.20 bits per heavy atom. The van der Waals surface area contributed by atoms with Crippen molar-refractivity contribution in [2.75, 3.05) is 6.54 Å². The summed E-state index contributed by atoms with van der Waals surface area (Å²) in [5.41, 5.74) is 3.28. The van der Waals surface area contributed by atoms with Gasteiger partial charge in [-0.15, -0.1) is 0 Å². The number of aromatic nitrogens is 3. The Balaban J connectivity index is 2.17. The number of hydrogen-bond donors (Lipinski definition) is 1. The Labute approximate surface area is 120 Å². The van der Waals surface area contributed by atoms with Crippen molar-refractivity contribution >= 4 is 0 Å². The van der Waals surface area contributed by atoms with Crippen molar-refractivity contribution in [3.8, 4) is 11.4 Å². The van der Waals surface area contributed by atoms with Crippen LogP contribution in [0.3, 0.4) is 0 Å². The highest BCUT2D eigenvalue weighted by molar-refractivity contribution is 5.59. The van der Waals surface area contributed by atoms with Crippen LogP contribution >= 0.6 is 0 Å². The second-order valence-electron chi connectivity index (χ2n) is 5.28. The lowest BCUT2D eigenvalue weighted by atomic mass is 10.1. The third kappa shape index (κ3) is 3.84. The van der Waals surface area contributed by atoms with E-state index in [1.807, 2.05) is 24.5 Å². The predicted molar refractivity (Wildman–Crippen MR) is 81.2 cm³/mol. The molecule has 0 radical (unpaired) electrons. The molecular weight excluding hydrogens is 248 g/mol. The van der Waals surface area contributed by atoms with E-state index < -0.39 is 0 Å². The average Bonchev–Trinajstić information content (AvgIpc) is 2.47. The highest BCUT2D eigenvalue weighted by Crippen LogP contribution is 2.19. The second kappa shape index (κ2) is 7.10. The van der Waals surface area contributed by atoms with Crippen molar-refractivity contribution in [2.24, 2.45) is 5.92 Å². The molecule has 0 atom stereocenters. The standard InChI is InChI=1S/C16H22N4/c1-4-13-10-17-7-6-15(13)16-19-8-5-14(20-16)11-18-9-12(2)3/h5-8,10,12,18H,4,9,11H2,1-3H3. The van der Waals surface area contributed by atoms with Crippen LogP contribution in [0.25, 0.3) is 11.4 Å². The van der Waals surface area contributed by atoms with Gasteiger partial charge in [-0.1, -0.05) is 20.8 Å². The van der Waals surface area contributed by atoms with Crippen LogP contribution < -0.4 is 5.32 Å². The molecule has 2 aromatic rings. The van der Waals surface area contributed by atoms with E-state index in [0.29, 0.717) is 5.92 Å². The van der Waals surface area contributed by atoms with Crippen molar-refractivity contribution in [1.82, 2.24) is 20.3 Å². The molecule has 0 bridgehead atoms. The summed E-state index contributed by atoms with van der Waals surface area (Å²) in [6.45, 7) is 8.29. The molecule has 0 fully saturated rings. The Hall–Kier alpha value is -1.81. The number of nitrogens with zero attached hydrogens (tertiary/aromatic N) is 3. The minimum absolute atomic E-state index is 0.642. The maximum absolute atomic E-state index is 4.65. The largest absolute Gasteiger partial charge is 0.311 e. The molecule has 106 valence electrons. The third-order valence-corrected chi connectivity index (χ3v) is 3.10. The van der Waals surface area contributed by atoms with E-state index in [2.05, 4.69) is 41.0 Å². The summed E-state index contributed by atoms with van der Waals surface area (Å²) in [5.74, 6) is 1.43. The molecule has 0 aliphatic rings. The van der Waals surface area contributed by atoms with Crippen molar-refractivity contribution in [3.05, 3.63) is 42.0 Å². The SMILES string of the molecule is CCc1cnccc1-c1nccc(CNCC(C)C)n1. The Morgan fingerprint density at radius 2 is 2.05 bits per heavy atom. The molecule has 0 saturated heterocycles. The zero-order valence-electron chi connectivity index (χ0n) is 12.4. The minimum Gasteiger partial charge on any atom is -0.311 e. The topological polar surface area (TPSA) is 50.7 Å². The van der Waals surface area contributed by atoms with Crippen LogP contribution in [0.15, 0.2) is 30.7 Å². The van der Waals surface area contributed by atoms with E-state index in [1.165, 1.54) is 5.56 Å². The molecular formula is C16H22N4. The van der Waals surface area contributed by atoms with Gasteiger partial charge >= 0.3 is 0 Å². The molecule has 0 unspecified atom stereocenters. The number of rotatable bonds is 6. The summed E-state index contributed by atoms with van der Waals surface area (Å²) < 4.78 is 0. The van der Waals surface area contributed by atoms with E-state index in [9.17, 15) is 0 Å². The van der Waals surface area contributed by atoms with Crippen molar-refractivity contribution in [2.45, 2.75) is 33.7 Å². The molecule has 1 N–H and O–H groups in total. The first-order valence-electron chi connectivity index (χ1n) is 7.16. The van der Waals surface area contributed by atoms with Gasteiger partial charge < -0.3 is 5.32 Å². The summed E-state index contributed by atoms with van der Waals surface area (Å²) in [4.78, 5) is 13.2. The molecule has 2 aromatic heterocycles. The lowest BCUT2D eigenvalue weighted by Crippen LogP contribution is -2.19. The second-order valence-corrected chi connectivity index (χ2v) is 5.28. The van der Waals surface area contributed by atoms with Crippen molar-refractivity contribution in [1.29, 1.82) is 0 Å². The van der Waals surface area contributed by atoms with Crippen LogP contribution in [-0.2, 0) is 13.0 Å². The van der Waals surface area contributed by atoms with Crippen LogP contribution in [0.1, 0.15) is 32.0 Å². The first-order chi connectivity index (χ1) is 9.70. The van der Waals surface area contributed by atoms with Crippen molar-refractivity contribution in [3.63, 3.8) is 0 Å². The van der Waals surface area contributed by atoms with Gasteiger partial charge in [0.05, 0.1) is 5.69 Å². The van der Waals surface area contributed by atoms with Crippen LogP contribution in [0, 0.1) is 5.92 Å². The minimum atomic E-state index is 0.642. The van der Waals surface area contributed by atoms with Crippen molar-refractivity contribution < 1.29 is 0 Å². The van der Waals surface area contributed by atoms with E-state index in [1.54, 1.807) is 6.20 Å². The maximum Gasteiger partial charge on any atom is 0.159 e. The fraction of sp³-hybridized carbons (Fsp3) is 0.438. The van der Waals surface area contributed by atoms with Gasteiger partial charge in [0.15, 0.2) is 5.82 Å². The molecule has 0 aliphatic carbocycles. The molecule has 4 nitrogen and oxygen atoms in total. The summed E-state index contributed by atoms with van der Waals surface area (Å²) in [7, 11) is 0. The number of nitrogens with one attached hydrogen (secondary N) is 1. The first kappa shape index (κ1) is 14.6. The molecule has 4 heteroatoms. The Kier molecular flexibility index (Phi) is 5.18. The molecule has 0 aliphatic heterocycles. The third-order valence-electron chi connectivity index (χ3n) is 3.10. The van der Waals surface area contributed by atoms with Gasteiger partial charge in [-0.25, -0.2) is 9.97 Å². The molecule has 0 spiro atoms. The maximum atomic E-state index is 4.65. The summed E-state index contributed by atoms with van der Waals surface area (Å²) >= 11 is 0. The lowest BCUT2D eigenvalue weighted by molar-refractivity contribution is 0.548. The summed E-state index contributed by atoms with van der Waals surface area (Å²) in [6, 6.07) is 3.95. The Bertz CT molecular complexity index is 552. The average molecular weight is 270 g/mol. The highest BCUT2D eigenvalue weighted by atomic mass is 14.9. The fourth-order valence-electron chi connectivity index (χ4n) is 2.04. The van der Waals surface area contributed by atoms with Crippen LogP contribution in [0.2, 0.25) is 0 Å². The van der Waals surface area contributed by atoms with Gasteiger partial charge in [-0.3, -0.25) is 4.98 Å². The van der Waals surface area contributed by atoms with E-state index in [-0.39, 0.29) is 0 Å². The predicted octanol–water partition coefficient (Wildman–Crippen LogP) is 2.85. The number of aryl methyl sites for hydroxylation is 1. The fourth-order valence-corrected chi connectivity index (χ4v) is 2.04. The smallest absolute Gasteiger partial charge is 0.159 e. The van der Waals surface area contributed by atoms with Crippen LogP contribution in [0.5, 0.6) is 0 Å². The van der Waals surface area contributed by atoms with Gasteiger partial charge in [-0.05, 0) is 36.6 Å². The summed E-state index contributed by atoms with van der Waals surface area (Å²) in [6.07, 6.45) is 6.45. The zero-order chi connectivity index (χ0) is 14.4. The lowest BCUT2D eigenvalue weighted by Gasteiger charge is -2.09. The van der Waals surface area contributed by atoms with E-state index >= 15 is 0 Å². The van der Waals surface area contributed by atoms with E-state index in [0.717, 1.165) is 36.6 Å². The normalized spacial score (nSPS) is 11.0. The van der Waals surface area contributed by atoms with Crippen LogP contribution in [0.4, 0.5) is 0 Å². The molecule has 2 heterocycles. The zero-order valence-corrected chi connectivity index (χ0v) is 12.4. The quantitative estimate of drug-likeness (QED) is 0.877. The monoisotopic (exact) mass is 270 g/mol. The van der Waals surface area contributed by atoms with Gasteiger partial charge in [0.25, 0.3) is 0 Å². The van der Waals surface area contributed by atoms with Crippen LogP contribution in [-0.4, -0.2) is 21.5 Å². The number of pyridine rings is 1. The molecule has 20 heavy (non-hydrogen) atoms. The van der Waals surface area contributed by atoms with Gasteiger partial charge in [0, 0.05) is 30.7 Å².